The lowest BCUT2D eigenvalue weighted by molar-refractivity contribution is 0.0147. The van der Waals surface area contributed by atoms with Gasteiger partial charge in [-0.2, -0.15) is 0 Å². The largest absolute Gasteiger partial charge is 0.439 e. The van der Waals surface area contributed by atoms with E-state index in [1.54, 1.807) is 18.2 Å². The predicted octanol–water partition coefficient (Wildman–Crippen LogP) is 6.72. The van der Waals surface area contributed by atoms with Gasteiger partial charge in [-0.3, -0.25) is 9.51 Å². The van der Waals surface area contributed by atoms with Crippen molar-refractivity contribution in [3.05, 3.63) is 74.1 Å². The third-order valence-electron chi connectivity index (χ3n) is 8.07. The molecule has 1 aliphatic carbocycles. The number of aromatic nitrogens is 3. The quantitative estimate of drug-likeness (QED) is 0.263. The lowest BCUT2D eigenvalue weighted by Crippen LogP contribution is -2.45. The van der Waals surface area contributed by atoms with E-state index in [-0.39, 0.29) is 29.6 Å². The number of rotatable bonds is 7. The number of ether oxygens (including phenoxy) is 1. The third kappa shape index (κ3) is 4.56. The molecule has 1 N–H and O–H groups in total. The SMILES string of the molecule is O=c1[nH]c(-c2ccc(N3[C@@H]4CC[C@H]3C[C@@H](OCc3c(-c5c(Cl)cccc5Cl)noc3C3CC3)C4)cc2F)no1. The fourth-order valence-corrected chi connectivity index (χ4v) is 6.71. The molecule has 2 saturated heterocycles. The standard InChI is InChI=1S/C28H25Cl2FN4O4/c29-21-2-1-3-22(30)24(21)25-20(26(38-33-25)14-4-5-14)13-37-18-10-15-6-7-16(11-18)35(15)17-8-9-19(23(31)12-17)27-32-28(36)39-34-27/h1-3,8-9,12,14-16,18H,4-7,10-11,13H2,(H,32,34,36)/t15-,16+,18+. The van der Waals surface area contributed by atoms with E-state index in [2.05, 4.69) is 24.7 Å². The van der Waals surface area contributed by atoms with Gasteiger partial charge in [-0.05, 0) is 68.9 Å². The molecule has 2 aromatic carbocycles. The summed E-state index contributed by atoms with van der Waals surface area (Å²) in [6, 6.07) is 10.9. The first-order valence-corrected chi connectivity index (χ1v) is 13.9. The molecule has 2 aliphatic heterocycles. The molecule has 7 rings (SSSR count). The minimum absolute atomic E-state index is 0.0552. The van der Waals surface area contributed by atoms with Crippen molar-refractivity contribution in [3.63, 3.8) is 0 Å². The summed E-state index contributed by atoms with van der Waals surface area (Å²) in [6.07, 6.45) is 5.91. The number of H-pyrrole nitrogens is 1. The zero-order valence-electron chi connectivity index (χ0n) is 20.8. The van der Waals surface area contributed by atoms with E-state index in [4.69, 9.17) is 32.5 Å². The Labute approximate surface area is 233 Å². The number of nitrogens with one attached hydrogen (secondary N) is 1. The van der Waals surface area contributed by atoms with Crippen LogP contribution >= 0.6 is 23.2 Å². The van der Waals surface area contributed by atoms with Crippen molar-refractivity contribution in [1.29, 1.82) is 0 Å². The minimum atomic E-state index is -0.717. The first-order chi connectivity index (χ1) is 19.0. The summed E-state index contributed by atoms with van der Waals surface area (Å²) in [5, 5.41) is 9.02. The summed E-state index contributed by atoms with van der Waals surface area (Å²) < 4.78 is 31.8. The molecule has 202 valence electrons. The van der Waals surface area contributed by atoms with Crippen LogP contribution in [0.1, 0.15) is 55.8 Å². The van der Waals surface area contributed by atoms with Crippen molar-refractivity contribution in [2.75, 3.05) is 4.90 Å². The van der Waals surface area contributed by atoms with Crippen LogP contribution in [-0.2, 0) is 11.3 Å². The lowest BCUT2D eigenvalue weighted by Gasteiger charge is -2.40. The van der Waals surface area contributed by atoms with Gasteiger partial charge in [0.1, 0.15) is 17.3 Å². The zero-order valence-corrected chi connectivity index (χ0v) is 22.3. The van der Waals surface area contributed by atoms with E-state index in [1.165, 1.54) is 6.07 Å². The number of hydrogen-bond donors (Lipinski definition) is 1. The fraction of sp³-hybridized carbons (Fsp3) is 0.393. The second-order valence-corrected chi connectivity index (χ2v) is 11.4. The summed E-state index contributed by atoms with van der Waals surface area (Å²) in [6.45, 7) is 0.371. The summed E-state index contributed by atoms with van der Waals surface area (Å²) in [7, 11) is 0. The van der Waals surface area contributed by atoms with Crippen molar-refractivity contribution in [2.24, 2.45) is 0 Å². The van der Waals surface area contributed by atoms with Crippen molar-refractivity contribution >= 4 is 28.9 Å². The smallest absolute Gasteiger partial charge is 0.373 e. The van der Waals surface area contributed by atoms with Crippen molar-refractivity contribution in [3.8, 4) is 22.6 Å². The van der Waals surface area contributed by atoms with E-state index in [9.17, 15) is 9.18 Å². The van der Waals surface area contributed by atoms with Gasteiger partial charge in [0.15, 0.2) is 5.82 Å². The summed E-state index contributed by atoms with van der Waals surface area (Å²) in [4.78, 5) is 16.0. The third-order valence-corrected chi connectivity index (χ3v) is 8.70. The highest BCUT2D eigenvalue weighted by Crippen LogP contribution is 2.47. The zero-order chi connectivity index (χ0) is 26.7. The second kappa shape index (κ2) is 9.80. The van der Waals surface area contributed by atoms with Crippen LogP contribution in [-0.4, -0.2) is 33.5 Å². The number of aromatic amines is 1. The fourth-order valence-electron chi connectivity index (χ4n) is 6.14. The van der Waals surface area contributed by atoms with Crippen LogP contribution in [0, 0.1) is 5.82 Å². The lowest BCUT2D eigenvalue weighted by atomic mass is 9.98. The molecule has 0 unspecified atom stereocenters. The van der Waals surface area contributed by atoms with Gasteiger partial charge in [0.2, 0.25) is 0 Å². The van der Waals surface area contributed by atoms with Gasteiger partial charge in [0, 0.05) is 34.8 Å². The average molecular weight is 571 g/mol. The molecule has 0 amide bonds. The van der Waals surface area contributed by atoms with Crippen molar-refractivity contribution in [1.82, 2.24) is 15.3 Å². The summed E-state index contributed by atoms with van der Waals surface area (Å²) in [5.74, 6) is 0.130. The average Bonchev–Trinajstić information content (AvgIpc) is 3.44. The van der Waals surface area contributed by atoms with Crippen molar-refractivity contribution in [2.45, 2.75) is 69.2 Å². The monoisotopic (exact) mass is 570 g/mol. The van der Waals surface area contributed by atoms with Crippen LogP contribution in [0.3, 0.4) is 0 Å². The Kier molecular flexibility index (Phi) is 6.25. The first-order valence-electron chi connectivity index (χ1n) is 13.1. The number of fused-ring (bicyclic) bond motifs is 2. The number of hydrogen-bond acceptors (Lipinski definition) is 7. The first kappa shape index (κ1) is 24.9. The predicted molar refractivity (Wildman–Crippen MR) is 144 cm³/mol. The molecule has 39 heavy (non-hydrogen) atoms. The van der Waals surface area contributed by atoms with Crippen LogP contribution in [0.2, 0.25) is 10.0 Å². The summed E-state index contributed by atoms with van der Waals surface area (Å²) in [5.41, 5.74) is 3.26. The molecule has 2 aromatic heterocycles. The Balaban J connectivity index is 1.08. The number of halogens is 3. The molecular weight excluding hydrogens is 546 g/mol. The van der Waals surface area contributed by atoms with Gasteiger partial charge in [-0.1, -0.05) is 39.6 Å². The second-order valence-electron chi connectivity index (χ2n) is 10.5. The number of nitrogens with zero attached hydrogens (tertiary/aromatic N) is 3. The van der Waals surface area contributed by atoms with E-state index in [1.807, 2.05) is 12.1 Å². The Morgan fingerprint density at radius 3 is 2.41 bits per heavy atom. The maximum absolute atomic E-state index is 15.0. The van der Waals surface area contributed by atoms with Crippen LogP contribution < -0.4 is 10.7 Å². The van der Waals surface area contributed by atoms with Gasteiger partial charge < -0.3 is 14.2 Å². The molecule has 4 aromatic rings. The molecule has 0 spiro atoms. The van der Waals surface area contributed by atoms with E-state index in [0.29, 0.717) is 33.8 Å². The highest BCUT2D eigenvalue weighted by molar-refractivity contribution is 6.39. The highest BCUT2D eigenvalue weighted by Gasteiger charge is 2.42. The molecular formula is C28H25Cl2FN4O4. The van der Waals surface area contributed by atoms with Gasteiger partial charge in [-0.25, -0.2) is 9.18 Å². The van der Waals surface area contributed by atoms with Crippen LogP contribution in [0.15, 0.2) is 50.2 Å². The molecule has 4 heterocycles. The molecule has 3 aliphatic rings. The van der Waals surface area contributed by atoms with Gasteiger partial charge >= 0.3 is 5.76 Å². The molecule has 8 nitrogen and oxygen atoms in total. The van der Waals surface area contributed by atoms with Crippen LogP contribution in [0.25, 0.3) is 22.6 Å². The number of benzene rings is 2. The van der Waals surface area contributed by atoms with Gasteiger partial charge in [0.25, 0.3) is 0 Å². The Bertz CT molecular complexity index is 1560. The molecule has 3 fully saturated rings. The number of piperidine rings is 1. The van der Waals surface area contributed by atoms with E-state index in [0.717, 1.165) is 55.5 Å². The molecule has 3 atom stereocenters. The van der Waals surface area contributed by atoms with Crippen molar-refractivity contribution < 1.29 is 18.2 Å². The maximum atomic E-state index is 15.0. The van der Waals surface area contributed by atoms with E-state index >= 15 is 0 Å². The number of anilines is 1. The molecule has 11 heteroatoms. The molecule has 1 saturated carbocycles. The van der Waals surface area contributed by atoms with E-state index < -0.39 is 11.6 Å². The van der Waals surface area contributed by atoms with Crippen LogP contribution in [0.5, 0.6) is 0 Å². The molecule has 0 radical (unpaired) electrons. The Hall–Kier alpha value is -3.14. The maximum Gasteiger partial charge on any atom is 0.439 e. The minimum Gasteiger partial charge on any atom is -0.373 e. The Morgan fingerprint density at radius 1 is 1.03 bits per heavy atom. The van der Waals surface area contributed by atoms with Crippen LogP contribution in [0.4, 0.5) is 10.1 Å². The Morgan fingerprint density at radius 2 is 1.77 bits per heavy atom. The van der Waals surface area contributed by atoms with Gasteiger partial charge in [-0.15, -0.1) is 0 Å². The highest BCUT2D eigenvalue weighted by atomic mass is 35.5. The topological polar surface area (TPSA) is 97.4 Å². The van der Waals surface area contributed by atoms with Gasteiger partial charge in [0.05, 0.1) is 28.3 Å². The normalized spacial score (nSPS) is 22.5. The molecule has 2 bridgehead atoms. The summed E-state index contributed by atoms with van der Waals surface area (Å²) >= 11 is 13.0.